The van der Waals surface area contributed by atoms with Gasteiger partial charge >= 0.3 is 0 Å². The summed E-state index contributed by atoms with van der Waals surface area (Å²) < 4.78 is 1.82. The van der Waals surface area contributed by atoms with Crippen molar-refractivity contribution in [3.05, 3.63) is 53.9 Å². The van der Waals surface area contributed by atoms with E-state index in [1.54, 1.807) is 0 Å². The van der Waals surface area contributed by atoms with Gasteiger partial charge < -0.3 is 5.11 Å². The third kappa shape index (κ3) is 2.00. The molecule has 2 aromatic rings. The van der Waals surface area contributed by atoms with Gasteiger partial charge in [-0.25, -0.2) is 0 Å². The van der Waals surface area contributed by atoms with E-state index in [1.165, 1.54) is 5.56 Å². The summed E-state index contributed by atoms with van der Waals surface area (Å²) >= 11 is 0. The lowest BCUT2D eigenvalue weighted by atomic mass is 10.2. The third-order valence-electron chi connectivity index (χ3n) is 2.05. The second-order valence-electron chi connectivity index (χ2n) is 3.15. The quantitative estimate of drug-likeness (QED) is 0.791. The zero-order valence-corrected chi connectivity index (χ0v) is 7.80. The predicted molar refractivity (Wildman–Crippen MR) is 53.7 cm³/mol. The van der Waals surface area contributed by atoms with E-state index in [9.17, 15) is 0 Å². The third-order valence-corrected chi connectivity index (χ3v) is 2.05. The number of aromatic nitrogens is 2. The average Bonchev–Trinajstić information content (AvgIpc) is 2.67. The van der Waals surface area contributed by atoms with E-state index in [0.29, 0.717) is 5.69 Å². The molecule has 0 saturated heterocycles. The Kier molecular flexibility index (Phi) is 2.60. The molecule has 0 bridgehead atoms. The van der Waals surface area contributed by atoms with Gasteiger partial charge in [-0.15, -0.1) is 0 Å². The van der Waals surface area contributed by atoms with Crippen LogP contribution in [0.2, 0.25) is 0 Å². The fourth-order valence-corrected chi connectivity index (χ4v) is 1.35. The number of aliphatic hydroxyl groups excluding tert-OH is 1. The van der Waals surface area contributed by atoms with Gasteiger partial charge in [0.05, 0.1) is 18.8 Å². The Morgan fingerprint density at radius 3 is 2.57 bits per heavy atom. The summed E-state index contributed by atoms with van der Waals surface area (Å²) in [6.07, 6.45) is 1.87. The smallest absolute Gasteiger partial charge is 0.0879 e. The Bertz CT molecular complexity index is 395. The molecule has 3 nitrogen and oxygen atoms in total. The number of nitrogens with zero attached hydrogens (tertiary/aromatic N) is 2. The normalized spacial score (nSPS) is 10.4. The van der Waals surface area contributed by atoms with Gasteiger partial charge in [-0.3, -0.25) is 4.68 Å². The van der Waals surface area contributed by atoms with Crippen LogP contribution in [-0.4, -0.2) is 14.9 Å². The second-order valence-corrected chi connectivity index (χ2v) is 3.15. The summed E-state index contributed by atoms with van der Waals surface area (Å²) in [5, 5.41) is 13.0. The number of aliphatic hydroxyl groups is 1. The van der Waals surface area contributed by atoms with Gasteiger partial charge in [0.15, 0.2) is 0 Å². The van der Waals surface area contributed by atoms with Crippen molar-refractivity contribution in [2.75, 3.05) is 0 Å². The number of rotatable bonds is 3. The van der Waals surface area contributed by atoms with Crippen molar-refractivity contribution in [3.63, 3.8) is 0 Å². The molecular weight excluding hydrogens is 176 g/mol. The highest BCUT2D eigenvalue weighted by molar-refractivity contribution is 5.15. The molecule has 0 fully saturated rings. The molecule has 0 unspecified atom stereocenters. The van der Waals surface area contributed by atoms with E-state index in [4.69, 9.17) is 5.11 Å². The summed E-state index contributed by atoms with van der Waals surface area (Å²) in [5.41, 5.74) is 1.92. The first-order valence-corrected chi connectivity index (χ1v) is 4.55. The van der Waals surface area contributed by atoms with Crippen LogP contribution in [0.25, 0.3) is 0 Å². The molecule has 0 radical (unpaired) electrons. The van der Waals surface area contributed by atoms with Crippen LogP contribution >= 0.6 is 0 Å². The monoisotopic (exact) mass is 188 g/mol. The van der Waals surface area contributed by atoms with Gasteiger partial charge in [-0.1, -0.05) is 30.3 Å². The Morgan fingerprint density at radius 2 is 1.93 bits per heavy atom. The minimum atomic E-state index is 0.00178. The van der Waals surface area contributed by atoms with Crippen molar-refractivity contribution in [1.82, 2.24) is 9.78 Å². The summed E-state index contributed by atoms with van der Waals surface area (Å²) in [7, 11) is 0. The van der Waals surface area contributed by atoms with Gasteiger partial charge in [0.1, 0.15) is 0 Å². The molecule has 2 rings (SSSR count). The Labute approximate surface area is 82.6 Å². The van der Waals surface area contributed by atoms with Crippen LogP contribution in [0.3, 0.4) is 0 Å². The Balaban J connectivity index is 2.11. The van der Waals surface area contributed by atoms with E-state index < -0.39 is 0 Å². The van der Waals surface area contributed by atoms with Gasteiger partial charge in [0.25, 0.3) is 0 Å². The van der Waals surface area contributed by atoms with Gasteiger partial charge in [0.2, 0.25) is 0 Å². The lowest BCUT2D eigenvalue weighted by molar-refractivity contribution is 0.275. The molecule has 0 aliphatic heterocycles. The van der Waals surface area contributed by atoms with E-state index in [1.807, 2.05) is 35.1 Å². The van der Waals surface area contributed by atoms with Crippen molar-refractivity contribution >= 4 is 0 Å². The molecule has 0 aliphatic carbocycles. The van der Waals surface area contributed by atoms with Crippen LogP contribution in [0, 0.1) is 0 Å². The minimum Gasteiger partial charge on any atom is -0.390 e. The molecule has 3 heteroatoms. The highest BCUT2D eigenvalue weighted by Gasteiger charge is 1.97. The highest BCUT2D eigenvalue weighted by Crippen LogP contribution is 2.02. The van der Waals surface area contributed by atoms with Crippen molar-refractivity contribution in [1.29, 1.82) is 0 Å². The SMILES string of the molecule is OCc1ccn(Cc2ccccc2)n1. The molecule has 0 saturated carbocycles. The van der Waals surface area contributed by atoms with E-state index >= 15 is 0 Å². The minimum absolute atomic E-state index is 0.00178. The molecule has 1 heterocycles. The van der Waals surface area contributed by atoms with Gasteiger partial charge in [-0.05, 0) is 11.6 Å². The Hall–Kier alpha value is -1.61. The highest BCUT2D eigenvalue weighted by atomic mass is 16.3. The van der Waals surface area contributed by atoms with Crippen LogP contribution < -0.4 is 0 Å². The van der Waals surface area contributed by atoms with Gasteiger partial charge in [-0.2, -0.15) is 5.10 Å². The molecule has 72 valence electrons. The summed E-state index contributed by atoms with van der Waals surface area (Å²) in [5.74, 6) is 0. The Morgan fingerprint density at radius 1 is 1.14 bits per heavy atom. The van der Waals surface area contributed by atoms with Crippen LogP contribution in [0.15, 0.2) is 42.6 Å². The molecule has 0 amide bonds. The maximum Gasteiger partial charge on any atom is 0.0879 e. The standard InChI is InChI=1S/C11H12N2O/c14-9-11-6-7-13(12-11)8-10-4-2-1-3-5-10/h1-7,14H,8-9H2. The van der Waals surface area contributed by atoms with Crippen LogP contribution in [0.5, 0.6) is 0 Å². The average molecular weight is 188 g/mol. The predicted octanol–water partition coefficient (Wildman–Crippen LogP) is 1.42. The van der Waals surface area contributed by atoms with Crippen molar-refractivity contribution in [2.24, 2.45) is 0 Å². The number of hydrogen-bond acceptors (Lipinski definition) is 2. The number of benzene rings is 1. The largest absolute Gasteiger partial charge is 0.390 e. The summed E-state index contributed by atoms with van der Waals surface area (Å²) in [4.78, 5) is 0. The maximum absolute atomic E-state index is 8.84. The molecule has 0 atom stereocenters. The van der Waals surface area contributed by atoms with Gasteiger partial charge in [0, 0.05) is 6.20 Å². The second kappa shape index (κ2) is 4.07. The van der Waals surface area contributed by atoms with E-state index in [2.05, 4.69) is 17.2 Å². The van der Waals surface area contributed by atoms with E-state index in [-0.39, 0.29) is 6.61 Å². The van der Waals surface area contributed by atoms with Crippen molar-refractivity contribution in [2.45, 2.75) is 13.2 Å². The van der Waals surface area contributed by atoms with Crippen LogP contribution in [0.4, 0.5) is 0 Å². The molecule has 0 spiro atoms. The molecule has 14 heavy (non-hydrogen) atoms. The summed E-state index contributed by atoms with van der Waals surface area (Å²) in [6.45, 7) is 0.753. The first kappa shape index (κ1) is 8.97. The molecule has 1 aromatic heterocycles. The fourth-order valence-electron chi connectivity index (χ4n) is 1.35. The van der Waals surface area contributed by atoms with Crippen LogP contribution in [-0.2, 0) is 13.2 Å². The molecule has 1 N–H and O–H groups in total. The zero-order chi connectivity index (χ0) is 9.80. The first-order chi connectivity index (χ1) is 6.88. The van der Waals surface area contributed by atoms with Crippen molar-refractivity contribution < 1.29 is 5.11 Å². The van der Waals surface area contributed by atoms with Crippen LogP contribution in [0.1, 0.15) is 11.3 Å². The zero-order valence-electron chi connectivity index (χ0n) is 7.80. The molecule has 0 aliphatic rings. The lowest BCUT2D eigenvalue weighted by Gasteiger charge is -2.00. The molecular formula is C11H12N2O. The maximum atomic E-state index is 8.84. The topological polar surface area (TPSA) is 38.0 Å². The molecule has 1 aromatic carbocycles. The van der Waals surface area contributed by atoms with Crippen molar-refractivity contribution in [3.8, 4) is 0 Å². The summed E-state index contributed by atoms with van der Waals surface area (Å²) in [6, 6.07) is 11.9. The van der Waals surface area contributed by atoms with E-state index in [0.717, 1.165) is 6.54 Å². The number of hydrogen-bond donors (Lipinski definition) is 1. The lowest BCUT2D eigenvalue weighted by Crippen LogP contribution is -2.00. The first-order valence-electron chi connectivity index (χ1n) is 4.55. The fraction of sp³-hybridized carbons (Fsp3) is 0.182.